The molecule has 0 aromatic carbocycles. The lowest BCUT2D eigenvalue weighted by molar-refractivity contribution is -0.145. The highest BCUT2D eigenvalue weighted by Crippen LogP contribution is 2.09. The van der Waals surface area contributed by atoms with Gasteiger partial charge in [0.2, 0.25) is 5.91 Å². The number of hydrogen-bond acceptors (Lipinski definition) is 6. The zero-order valence-corrected chi connectivity index (χ0v) is 19.7. The Kier molecular flexibility index (Phi) is 21.5. The minimum Gasteiger partial charge on any atom is -0.463 e. The van der Waals surface area contributed by atoms with E-state index >= 15 is 0 Å². The molecule has 0 saturated heterocycles. The minimum absolute atomic E-state index is 0. The van der Waals surface area contributed by atoms with E-state index in [9.17, 15) is 18.0 Å². The Bertz CT molecular complexity index is 531. The summed E-state index contributed by atoms with van der Waals surface area (Å²) in [4.78, 5) is 21.7. The van der Waals surface area contributed by atoms with Crippen LogP contribution in [0.15, 0.2) is 0 Å². The molecule has 0 rings (SSSR count). The second-order valence-electron chi connectivity index (χ2n) is 7.49. The summed E-state index contributed by atoms with van der Waals surface area (Å²) in [5, 5.41) is 10.9. The SMILES string of the molecule is C.CCC(C)C(=O)NC(C)(C)CS(=O)(=O)O.CCC(C)O.CCC(C)OC(C)=O. The molecule has 0 spiro atoms. The van der Waals surface area contributed by atoms with Crippen molar-refractivity contribution in [3.8, 4) is 0 Å². The van der Waals surface area contributed by atoms with Crippen molar-refractivity contribution in [2.75, 3.05) is 5.75 Å². The first-order valence-corrected chi connectivity index (χ1v) is 11.2. The summed E-state index contributed by atoms with van der Waals surface area (Å²) in [5.74, 6) is -1.04. The van der Waals surface area contributed by atoms with Gasteiger partial charge in [-0.3, -0.25) is 14.1 Å². The molecular weight excluding hydrogens is 398 g/mol. The zero-order valence-electron chi connectivity index (χ0n) is 18.9. The zero-order chi connectivity index (χ0) is 23.1. The van der Waals surface area contributed by atoms with Crippen molar-refractivity contribution in [1.82, 2.24) is 5.32 Å². The van der Waals surface area contributed by atoms with E-state index in [1.165, 1.54) is 6.92 Å². The van der Waals surface area contributed by atoms with Gasteiger partial charge in [0.25, 0.3) is 10.1 Å². The van der Waals surface area contributed by atoms with Crippen LogP contribution in [-0.2, 0) is 24.4 Å². The maximum absolute atomic E-state index is 11.5. The van der Waals surface area contributed by atoms with Gasteiger partial charge in [-0.2, -0.15) is 8.42 Å². The Morgan fingerprint density at radius 1 is 1.03 bits per heavy atom. The molecule has 3 atom stereocenters. The molecule has 0 saturated carbocycles. The maximum atomic E-state index is 11.5. The molecule has 178 valence electrons. The fraction of sp³-hybridized carbons (Fsp3) is 0.900. The van der Waals surface area contributed by atoms with Gasteiger partial charge in [-0.05, 0) is 47.0 Å². The number of aliphatic hydroxyl groups excluding tert-OH is 1. The highest BCUT2D eigenvalue weighted by atomic mass is 32.2. The number of carbonyl (C=O) groups excluding carboxylic acids is 2. The number of ether oxygens (including phenoxy) is 1. The van der Waals surface area contributed by atoms with Crippen LogP contribution in [0.3, 0.4) is 0 Å². The molecular formula is C20H45NO7S. The van der Waals surface area contributed by atoms with Crippen molar-refractivity contribution >= 4 is 22.0 Å². The van der Waals surface area contributed by atoms with E-state index in [2.05, 4.69) is 5.32 Å². The van der Waals surface area contributed by atoms with Gasteiger partial charge in [-0.1, -0.05) is 35.1 Å². The monoisotopic (exact) mass is 443 g/mol. The number of rotatable bonds is 8. The molecule has 8 nitrogen and oxygen atoms in total. The molecule has 1 amide bonds. The van der Waals surface area contributed by atoms with E-state index in [0.29, 0.717) is 6.42 Å². The summed E-state index contributed by atoms with van der Waals surface area (Å²) in [6.07, 6.45) is 2.40. The van der Waals surface area contributed by atoms with Crippen molar-refractivity contribution in [2.24, 2.45) is 5.92 Å². The Morgan fingerprint density at radius 2 is 1.45 bits per heavy atom. The van der Waals surface area contributed by atoms with E-state index in [0.717, 1.165) is 12.8 Å². The molecule has 0 aliphatic heterocycles. The fourth-order valence-electron chi connectivity index (χ4n) is 1.50. The van der Waals surface area contributed by atoms with Crippen LogP contribution in [0.5, 0.6) is 0 Å². The number of carbonyl (C=O) groups is 2. The standard InChI is InChI=1S/C9H19NO4S.C6H12O2.C4H10O.CH4/c1-5-7(2)8(11)10-9(3,4)6-15(12,13)14;1-4-5(2)8-6(3)7;1-3-4(2)5;/h7H,5-6H2,1-4H3,(H,10,11)(H,12,13,14);5H,4H2,1-3H3;4-5H,3H2,1-2H3;1H4. The van der Waals surface area contributed by atoms with E-state index in [4.69, 9.17) is 14.4 Å². The molecule has 3 N–H and O–H groups in total. The molecule has 0 heterocycles. The van der Waals surface area contributed by atoms with Gasteiger partial charge in [0.15, 0.2) is 0 Å². The first-order chi connectivity index (χ1) is 12.5. The van der Waals surface area contributed by atoms with Crippen molar-refractivity contribution < 1.29 is 32.4 Å². The molecule has 0 radical (unpaired) electrons. The van der Waals surface area contributed by atoms with Crippen LogP contribution < -0.4 is 5.32 Å². The lowest BCUT2D eigenvalue weighted by atomic mass is 10.0. The molecule has 0 aromatic heterocycles. The smallest absolute Gasteiger partial charge is 0.302 e. The predicted octanol–water partition coefficient (Wildman–Crippen LogP) is 3.58. The van der Waals surface area contributed by atoms with E-state index in [1.54, 1.807) is 27.7 Å². The summed E-state index contributed by atoms with van der Waals surface area (Å²) in [6, 6.07) is 0. The third kappa shape index (κ3) is 29.1. The first-order valence-electron chi connectivity index (χ1n) is 9.63. The van der Waals surface area contributed by atoms with Gasteiger partial charge in [-0.25, -0.2) is 0 Å². The number of nitrogens with one attached hydrogen (secondary N) is 1. The van der Waals surface area contributed by atoms with Gasteiger partial charge < -0.3 is 15.2 Å². The summed E-state index contributed by atoms with van der Waals surface area (Å²) in [7, 11) is -4.07. The Balaban J connectivity index is -0.000000187. The van der Waals surface area contributed by atoms with E-state index < -0.39 is 21.4 Å². The van der Waals surface area contributed by atoms with Crippen LogP contribution in [0.4, 0.5) is 0 Å². The average molecular weight is 444 g/mol. The van der Waals surface area contributed by atoms with Crippen molar-refractivity contribution in [3.63, 3.8) is 0 Å². The lowest BCUT2D eigenvalue weighted by Crippen LogP contribution is -2.49. The van der Waals surface area contributed by atoms with Gasteiger partial charge in [0, 0.05) is 12.8 Å². The topological polar surface area (TPSA) is 130 Å². The van der Waals surface area contributed by atoms with Crippen molar-refractivity contribution in [2.45, 2.75) is 107 Å². The quantitative estimate of drug-likeness (QED) is 0.386. The lowest BCUT2D eigenvalue weighted by Gasteiger charge is -2.26. The third-order valence-corrected chi connectivity index (χ3v) is 4.68. The Labute approximate surface area is 178 Å². The number of aliphatic hydroxyl groups is 1. The second-order valence-corrected chi connectivity index (χ2v) is 8.95. The normalized spacial score (nSPS) is 13.8. The van der Waals surface area contributed by atoms with Crippen molar-refractivity contribution in [3.05, 3.63) is 0 Å². The molecule has 0 aliphatic rings. The fourth-order valence-corrected chi connectivity index (χ4v) is 2.49. The Hall–Kier alpha value is -1.19. The van der Waals surface area contributed by atoms with Crippen molar-refractivity contribution in [1.29, 1.82) is 0 Å². The molecule has 3 unspecified atom stereocenters. The number of esters is 1. The van der Waals surface area contributed by atoms with Crippen LogP contribution in [-0.4, -0.2) is 53.5 Å². The average Bonchev–Trinajstić information content (AvgIpc) is 2.51. The molecule has 29 heavy (non-hydrogen) atoms. The first kappa shape index (κ1) is 35.3. The molecule has 0 fully saturated rings. The number of hydrogen-bond donors (Lipinski definition) is 3. The van der Waals surface area contributed by atoms with Gasteiger partial charge in [0.1, 0.15) is 0 Å². The van der Waals surface area contributed by atoms with Crippen LogP contribution >= 0.6 is 0 Å². The number of amides is 1. The second kappa shape index (κ2) is 17.7. The maximum Gasteiger partial charge on any atom is 0.302 e. The Morgan fingerprint density at radius 3 is 1.66 bits per heavy atom. The van der Waals surface area contributed by atoms with Crippen LogP contribution in [0.2, 0.25) is 0 Å². The van der Waals surface area contributed by atoms with E-state index in [-0.39, 0.29) is 37.4 Å². The minimum atomic E-state index is -4.07. The summed E-state index contributed by atoms with van der Waals surface area (Å²) in [5.41, 5.74) is -0.950. The largest absolute Gasteiger partial charge is 0.463 e. The predicted molar refractivity (Wildman–Crippen MR) is 118 cm³/mol. The summed E-state index contributed by atoms with van der Waals surface area (Å²) < 4.78 is 34.8. The van der Waals surface area contributed by atoms with Crippen LogP contribution in [0.25, 0.3) is 0 Å². The van der Waals surface area contributed by atoms with E-state index in [1.807, 2.05) is 27.7 Å². The van der Waals surface area contributed by atoms with Gasteiger partial charge in [-0.15, -0.1) is 0 Å². The van der Waals surface area contributed by atoms with Gasteiger partial charge >= 0.3 is 5.97 Å². The molecule has 0 aliphatic carbocycles. The highest BCUT2D eigenvalue weighted by molar-refractivity contribution is 7.85. The van der Waals surface area contributed by atoms with Gasteiger partial charge in [0.05, 0.1) is 23.5 Å². The highest BCUT2D eigenvalue weighted by Gasteiger charge is 2.27. The van der Waals surface area contributed by atoms with Crippen LogP contribution in [0, 0.1) is 5.92 Å². The molecule has 0 bridgehead atoms. The summed E-state index contributed by atoms with van der Waals surface area (Å²) in [6.45, 7) is 15.8. The molecule has 0 aromatic rings. The summed E-state index contributed by atoms with van der Waals surface area (Å²) >= 11 is 0. The third-order valence-electron chi connectivity index (χ3n) is 3.60. The van der Waals surface area contributed by atoms with Crippen LogP contribution in [0.1, 0.15) is 89.0 Å². The molecule has 9 heteroatoms.